The van der Waals surface area contributed by atoms with Crippen LogP contribution in [-0.4, -0.2) is 53.6 Å². The van der Waals surface area contributed by atoms with E-state index >= 15 is 0 Å². The Morgan fingerprint density at radius 3 is 2.33 bits per heavy atom. The van der Waals surface area contributed by atoms with Gasteiger partial charge in [-0.2, -0.15) is 5.10 Å². The minimum atomic E-state index is -0.437. The van der Waals surface area contributed by atoms with Gasteiger partial charge in [-0.15, -0.1) is 0 Å². The minimum absolute atomic E-state index is 0.0280. The largest absolute Gasteiger partial charge is 0.507 e. The zero-order chi connectivity index (χ0) is 24.2. The second kappa shape index (κ2) is 9.53. The molecule has 3 aromatic rings. The number of benzene rings is 1. The maximum atomic E-state index is 13.2. The molecule has 0 radical (unpaired) electrons. The molecule has 2 aromatic heterocycles. The number of rotatable bonds is 4. The molecule has 33 heavy (non-hydrogen) atoms. The molecule has 1 aliphatic heterocycles. The number of phenolic OH excluding ortho intramolecular Hbond substituents is 1. The molecule has 4 rings (SSSR count). The van der Waals surface area contributed by atoms with Crippen LogP contribution in [0.2, 0.25) is 0 Å². The number of aromatic nitrogens is 4. The molecule has 176 valence electrons. The van der Waals surface area contributed by atoms with E-state index in [0.29, 0.717) is 28.8 Å². The van der Waals surface area contributed by atoms with Crippen molar-refractivity contribution in [2.24, 2.45) is 0 Å². The molecule has 0 spiro atoms. The Bertz CT molecular complexity index is 1080. The highest BCUT2D eigenvalue weighted by Crippen LogP contribution is 2.32. The third-order valence-corrected chi connectivity index (χ3v) is 5.27. The zero-order valence-electron chi connectivity index (χ0n) is 19.1. The number of halogens is 1. The van der Waals surface area contributed by atoms with Crippen LogP contribution in [0.5, 0.6) is 5.75 Å². The molecule has 4 N–H and O–H groups in total. The van der Waals surface area contributed by atoms with Crippen LogP contribution in [0.25, 0.3) is 16.9 Å². The molecule has 0 aliphatic carbocycles. The van der Waals surface area contributed by atoms with Gasteiger partial charge in [-0.3, -0.25) is 9.78 Å². The van der Waals surface area contributed by atoms with E-state index in [0.717, 1.165) is 19.0 Å². The number of aromatic hydroxyl groups is 1. The summed E-state index contributed by atoms with van der Waals surface area (Å²) in [5.74, 6) is 0.300. The van der Waals surface area contributed by atoms with E-state index < -0.39 is 5.82 Å². The maximum absolute atomic E-state index is 13.2. The summed E-state index contributed by atoms with van der Waals surface area (Å²) in [4.78, 5) is 17.3. The van der Waals surface area contributed by atoms with Crippen LogP contribution in [-0.2, 0) is 4.79 Å². The first-order chi connectivity index (χ1) is 15.5. The van der Waals surface area contributed by atoms with Gasteiger partial charge in [0.15, 0.2) is 5.82 Å². The molecular weight excluding hydrogens is 427 g/mol. The number of phenols is 1. The lowest BCUT2D eigenvalue weighted by Gasteiger charge is -2.46. The van der Waals surface area contributed by atoms with E-state index in [1.807, 2.05) is 0 Å². The molecule has 1 saturated heterocycles. The predicted octanol–water partition coefficient (Wildman–Crippen LogP) is 3.60. The molecule has 10 heteroatoms. The Balaban J connectivity index is 0.000000968. The van der Waals surface area contributed by atoms with Crippen molar-refractivity contribution < 1.29 is 19.4 Å². The van der Waals surface area contributed by atoms with Crippen molar-refractivity contribution in [3.8, 4) is 22.7 Å². The van der Waals surface area contributed by atoms with E-state index in [4.69, 9.17) is 9.90 Å². The van der Waals surface area contributed by atoms with Gasteiger partial charge in [0.2, 0.25) is 0 Å². The van der Waals surface area contributed by atoms with Gasteiger partial charge in [-0.05, 0) is 52.7 Å². The lowest BCUT2D eigenvalue weighted by Crippen LogP contribution is -2.60. The maximum Gasteiger partial charge on any atom is 0.290 e. The summed E-state index contributed by atoms with van der Waals surface area (Å²) in [6.45, 7) is 8.59. The van der Waals surface area contributed by atoms with E-state index in [1.165, 1.54) is 16.9 Å². The number of carboxylic acid groups (broad SMARTS) is 1. The van der Waals surface area contributed by atoms with Crippen molar-refractivity contribution in [1.82, 2.24) is 25.1 Å². The van der Waals surface area contributed by atoms with Gasteiger partial charge in [-0.25, -0.2) is 14.1 Å². The Labute approximate surface area is 191 Å². The smallest absolute Gasteiger partial charge is 0.290 e. The van der Waals surface area contributed by atoms with Gasteiger partial charge >= 0.3 is 0 Å². The predicted molar refractivity (Wildman–Crippen MR) is 123 cm³/mol. The van der Waals surface area contributed by atoms with Crippen LogP contribution in [0.15, 0.2) is 43.0 Å². The van der Waals surface area contributed by atoms with Crippen LogP contribution in [0.3, 0.4) is 0 Å². The van der Waals surface area contributed by atoms with Crippen molar-refractivity contribution in [1.29, 1.82) is 0 Å². The highest BCUT2D eigenvalue weighted by atomic mass is 19.1. The third-order valence-electron chi connectivity index (χ3n) is 5.27. The van der Waals surface area contributed by atoms with Gasteiger partial charge in [0.1, 0.15) is 11.6 Å². The molecule has 0 atom stereocenters. The molecule has 3 heterocycles. The van der Waals surface area contributed by atoms with Crippen molar-refractivity contribution >= 4 is 12.3 Å². The van der Waals surface area contributed by atoms with Crippen molar-refractivity contribution in [2.45, 2.75) is 57.7 Å². The average Bonchev–Trinajstić information content (AvgIpc) is 3.13. The number of nitrogens with one attached hydrogen (secondary N) is 2. The van der Waals surface area contributed by atoms with E-state index in [1.54, 1.807) is 24.5 Å². The van der Waals surface area contributed by atoms with Crippen LogP contribution in [0.1, 0.15) is 40.5 Å². The summed E-state index contributed by atoms with van der Waals surface area (Å²) in [5.41, 5.74) is 1.75. The first kappa shape index (κ1) is 24.1. The van der Waals surface area contributed by atoms with Crippen LogP contribution in [0, 0.1) is 5.82 Å². The van der Waals surface area contributed by atoms with Crippen molar-refractivity contribution in [3.05, 3.63) is 48.8 Å². The number of hydrogen-bond donors (Lipinski definition) is 4. The first-order valence-electron chi connectivity index (χ1n) is 10.5. The molecular formula is C23H29FN6O3. The minimum Gasteiger partial charge on any atom is -0.507 e. The number of nitrogens with zero attached hydrogens (tertiary/aromatic N) is 4. The number of anilines is 1. The summed E-state index contributed by atoms with van der Waals surface area (Å²) >= 11 is 0. The van der Waals surface area contributed by atoms with E-state index in [2.05, 4.69) is 53.4 Å². The summed E-state index contributed by atoms with van der Waals surface area (Å²) in [5, 5.41) is 28.4. The third kappa shape index (κ3) is 6.26. The molecule has 1 fully saturated rings. The second-order valence-electron chi connectivity index (χ2n) is 9.34. The number of hydrogen-bond acceptors (Lipinski definition) is 7. The Morgan fingerprint density at radius 2 is 1.82 bits per heavy atom. The molecule has 0 amide bonds. The topological polar surface area (TPSA) is 125 Å². The fourth-order valence-corrected chi connectivity index (χ4v) is 4.50. The Hall–Kier alpha value is -3.53. The summed E-state index contributed by atoms with van der Waals surface area (Å²) in [7, 11) is 0. The van der Waals surface area contributed by atoms with Gasteiger partial charge in [0.05, 0.1) is 36.2 Å². The quantitative estimate of drug-likeness (QED) is 0.439. The fraction of sp³-hybridized carbons (Fsp3) is 0.391. The number of piperidine rings is 1. The highest BCUT2D eigenvalue weighted by Gasteiger charge is 2.37. The van der Waals surface area contributed by atoms with Gasteiger partial charge in [-0.1, -0.05) is 0 Å². The van der Waals surface area contributed by atoms with Crippen molar-refractivity contribution in [2.75, 3.05) is 5.32 Å². The molecule has 1 aliphatic rings. The van der Waals surface area contributed by atoms with Gasteiger partial charge in [0.25, 0.3) is 6.47 Å². The Kier molecular flexibility index (Phi) is 6.97. The molecule has 9 nitrogen and oxygen atoms in total. The standard InChI is InChI=1S/C22H27FN6O.CH2O2/c1-21(2)8-15(9-22(3,4)28-21)27-20-12-24-18(11-25-20)17-6-5-16(7-19(17)30)29-13-14(23)10-26-29;2-1-3/h5-7,10-13,15,28,30H,8-9H2,1-4H3,(H,25,27);1H,(H,2,3). The highest BCUT2D eigenvalue weighted by molar-refractivity contribution is 5.68. The molecule has 0 saturated carbocycles. The Morgan fingerprint density at radius 1 is 1.15 bits per heavy atom. The van der Waals surface area contributed by atoms with E-state index in [-0.39, 0.29) is 23.3 Å². The molecule has 1 aromatic carbocycles. The SMILES string of the molecule is CC1(C)CC(Nc2cnc(-c3ccc(-n4cc(F)cn4)cc3O)cn2)CC(C)(C)N1.O=CO. The molecule has 0 bridgehead atoms. The number of carbonyl (C=O) groups is 1. The second-order valence-corrected chi connectivity index (χ2v) is 9.34. The zero-order valence-corrected chi connectivity index (χ0v) is 19.1. The fourth-order valence-electron chi connectivity index (χ4n) is 4.50. The van der Waals surface area contributed by atoms with Crippen LogP contribution >= 0.6 is 0 Å². The van der Waals surface area contributed by atoms with E-state index in [9.17, 15) is 9.50 Å². The average molecular weight is 457 g/mol. The van der Waals surface area contributed by atoms with Crippen LogP contribution < -0.4 is 10.6 Å². The van der Waals surface area contributed by atoms with Crippen LogP contribution in [0.4, 0.5) is 10.2 Å². The monoisotopic (exact) mass is 456 g/mol. The first-order valence-corrected chi connectivity index (χ1v) is 10.5. The lowest BCUT2D eigenvalue weighted by atomic mass is 9.79. The summed E-state index contributed by atoms with van der Waals surface area (Å²) in [6, 6.07) is 5.28. The van der Waals surface area contributed by atoms with Gasteiger partial charge < -0.3 is 20.8 Å². The van der Waals surface area contributed by atoms with Crippen molar-refractivity contribution in [3.63, 3.8) is 0 Å². The van der Waals surface area contributed by atoms with Gasteiger partial charge in [0, 0.05) is 28.7 Å². The normalized spacial score (nSPS) is 17.0. The molecule has 0 unspecified atom stereocenters. The summed E-state index contributed by atoms with van der Waals surface area (Å²) in [6.07, 6.45) is 7.66. The lowest BCUT2D eigenvalue weighted by molar-refractivity contribution is -0.122. The summed E-state index contributed by atoms with van der Waals surface area (Å²) < 4.78 is 14.5.